The van der Waals surface area contributed by atoms with Crippen LogP contribution in [0.5, 0.6) is 0 Å². The van der Waals surface area contributed by atoms with E-state index < -0.39 is 0 Å². The smallest absolute Gasteiger partial charge is 0.137 e. The molecule has 0 aromatic heterocycles. The van der Waals surface area contributed by atoms with Crippen LogP contribution in [-0.4, -0.2) is 54.3 Å². The number of carbonyl (C=O) groups excluding carboxylic acids is 1. The van der Waals surface area contributed by atoms with E-state index in [1.807, 2.05) is 0 Å². The second-order valence-electron chi connectivity index (χ2n) is 7.98. The van der Waals surface area contributed by atoms with Crippen molar-refractivity contribution in [1.82, 2.24) is 9.80 Å². The Hall–Kier alpha value is -0.410. The maximum absolute atomic E-state index is 12.2. The molecule has 2 unspecified atom stereocenters. The molecule has 2 aliphatic heterocycles. The van der Waals surface area contributed by atoms with Gasteiger partial charge >= 0.3 is 0 Å². The highest BCUT2D eigenvalue weighted by atomic mass is 16.1. The van der Waals surface area contributed by atoms with Crippen molar-refractivity contribution in [3.05, 3.63) is 0 Å². The summed E-state index contributed by atoms with van der Waals surface area (Å²) in [7, 11) is 0. The van der Waals surface area contributed by atoms with E-state index in [0.29, 0.717) is 17.1 Å². The molecule has 3 rings (SSSR count). The third-order valence-electron chi connectivity index (χ3n) is 5.67. The lowest BCUT2D eigenvalue weighted by molar-refractivity contribution is -0.127. The Labute approximate surface area is 123 Å². The molecule has 3 heteroatoms. The Balaban J connectivity index is 1.60. The Morgan fingerprint density at radius 1 is 1.20 bits per heavy atom. The number of nitrogens with zero attached hydrogens (tertiary/aromatic N) is 2. The molecule has 114 valence electrons. The summed E-state index contributed by atoms with van der Waals surface area (Å²) in [5.74, 6) is 0.823. The minimum atomic E-state index is 0.298. The van der Waals surface area contributed by atoms with Gasteiger partial charge in [-0.05, 0) is 57.2 Å². The summed E-state index contributed by atoms with van der Waals surface area (Å²) in [4.78, 5) is 17.5. The summed E-state index contributed by atoms with van der Waals surface area (Å²) < 4.78 is 0. The number of fused-ring (bicyclic) bond motifs is 1. The van der Waals surface area contributed by atoms with Crippen LogP contribution in [0.15, 0.2) is 0 Å². The van der Waals surface area contributed by atoms with Gasteiger partial charge in [0.1, 0.15) is 5.78 Å². The second kappa shape index (κ2) is 5.76. The Morgan fingerprint density at radius 3 is 2.85 bits per heavy atom. The van der Waals surface area contributed by atoms with Gasteiger partial charge in [-0.3, -0.25) is 9.69 Å². The van der Waals surface area contributed by atoms with E-state index in [1.54, 1.807) is 0 Å². The van der Waals surface area contributed by atoms with Crippen LogP contribution >= 0.6 is 0 Å². The summed E-state index contributed by atoms with van der Waals surface area (Å²) in [6.45, 7) is 10.6. The summed E-state index contributed by atoms with van der Waals surface area (Å²) >= 11 is 0. The fourth-order valence-electron chi connectivity index (χ4n) is 4.48. The van der Waals surface area contributed by atoms with Crippen LogP contribution in [0, 0.1) is 11.3 Å². The van der Waals surface area contributed by atoms with Crippen molar-refractivity contribution < 1.29 is 4.79 Å². The molecule has 1 saturated carbocycles. The Morgan fingerprint density at radius 2 is 2.00 bits per heavy atom. The molecule has 0 N–H and O–H groups in total. The van der Waals surface area contributed by atoms with Crippen molar-refractivity contribution >= 4 is 5.78 Å². The molecule has 1 aliphatic carbocycles. The lowest BCUT2D eigenvalue weighted by Gasteiger charge is -2.37. The van der Waals surface area contributed by atoms with Gasteiger partial charge in [0.25, 0.3) is 0 Å². The highest BCUT2D eigenvalue weighted by molar-refractivity contribution is 5.82. The highest BCUT2D eigenvalue weighted by Gasteiger charge is 2.36. The van der Waals surface area contributed by atoms with Gasteiger partial charge < -0.3 is 4.90 Å². The lowest BCUT2D eigenvalue weighted by atomic mass is 9.71. The van der Waals surface area contributed by atoms with Crippen molar-refractivity contribution in [2.45, 2.75) is 58.4 Å². The predicted molar refractivity (Wildman–Crippen MR) is 81.8 cm³/mol. The largest absolute Gasteiger partial charge is 0.301 e. The van der Waals surface area contributed by atoms with Gasteiger partial charge in [-0.15, -0.1) is 0 Å². The Kier molecular flexibility index (Phi) is 4.19. The van der Waals surface area contributed by atoms with Gasteiger partial charge in [0.2, 0.25) is 0 Å². The summed E-state index contributed by atoms with van der Waals surface area (Å²) in [6, 6.07) is 0.768. The first-order chi connectivity index (χ1) is 9.53. The molecule has 2 heterocycles. The lowest BCUT2D eigenvalue weighted by Crippen LogP contribution is -2.42. The zero-order chi connectivity index (χ0) is 14.2. The first-order valence-electron chi connectivity index (χ1n) is 8.53. The van der Waals surface area contributed by atoms with E-state index in [4.69, 9.17) is 0 Å². The maximum Gasteiger partial charge on any atom is 0.137 e. The Bertz CT molecular complexity index is 366. The quantitative estimate of drug-likeness (QED) is 0.775. The van der Waals surface area contributed by atoms with Crippen LogP contribution in [0.3, 0.4) is 0 Å². The molecular weight excluding hydrogens is 248 g/mol. The molecule has 2 atom stereocenters. The molecule has 20 heavy (non-hydrogen) atoms. The number of rotatable bonds is 2. The van der Waals surface area contributed by atoms with E-state index in [9.17, 15) is 4.79 Å². The van der Waals surface area contributed by atoms with Crippen LogP contribution in [-0.2, 0) is 4.79 Å². The molecule has 3 nitrogen and oxygen atoms in total. The number of carbonyl (C=O) groups is 1. The third kappa shape index (κ3) is 3.25. The second-order valence-corrected chi connectivity index (χ2v) is 7.98. The predicted octanol–water partition coefficient (Wildman–Crippen LogP) is 2.55. The van der Waals surface area contributed by atoms with Gasteiger partial charge in [0, 0.05) is 31.5 Å². The number of Topliss-reactive ketones (excluding diaryl/α,β-unsaturated/α-hetero) is 1. The standard InChI is InChI=1S/C17H30N2O/c1-17(2)7-6-16(20)14(11-17)12-18-8-4-10-19-9-3-5-15(19)13-18/h14-15H,3-13H2,1-2H3. The minimum Gasteiger partial charge on any atom is -0.301 e. The third-order valence-corrected chi connectivity index (χ3v) is 5.67. The van der Waals surface area contributed by atoms with Crippen molar-refractivity contribution in [2.24, 2.45) is 11.3 Å². The first-order valence-corrected chi connectivity index (χ1v) is 8.53. The van der Waals surface area contributed by atoms with Crippen molar-refractivity contribution in [1.29, 1.82) is 0 Å². The van der Waals surface area contributed by atoms with E-state index in [1.165, 1.54) is 45.4 Å². The highest BCUT2D eigenvalue weighted by Crippen LogP contribution is 2.37. The maximum atomic E-state index is 12.2. The topological polar surface area (TPSA) is 23.6 Å². The van der Waals surface area contributed by atoms with Crippen LogP contribution in [0.2, 0.25) is 0 Å². The molecule has 0 spiro atoms. The normalized spacial score (nSPS) is 35.8. The molecule has 2 saturated heterocycles. The van der Waals surface area contributed by atoms with Gasteiger partial charge in [-0.1, -0.05) is 13.8 Å². The van der Waals surface area contributed by atoms with Gasteiger partial charge in [-0.25, -0.2) is 0 Å². The molecule has 0 amide bonds. The average molecular weight is 278 g/mol. The fourth-order valence-corrected chi connectivity index (χ4v) is 4.48. The van der Waals surface area contributed by atoms with Crippen molar-refractivity contribution in [2.75, 3.05) is 32.7 Å². The number of ketones is 1. The molecule has 3 aliphatic rings. The van der Waals surface area contributed by atoms with E-state index in [2.05, 4.69) is 23.6 Å². The number of hydrogen-bond acceptors (Lipinski definition) is 3. The van der Waals surface area contributed by atoms with Crippen molar-refractivity contribution in [3.63, 3.8) is 0 Å². The molecule has 3 fully saturated rings. The van der Waals surface area contributed by atoms with Crippen LogP contribution in [0.1, 0.15) is 52.4 Å². The minimum absolute atomic E-state index is 0.298. The van der Waals surface area contributed by atoms with Crippen LogP contribution in [0.25, 0.3) is 0 Å². The van der Waals surface area contributed by atoms with E-state index >= 15 is 0 Å². The summed E-state index contributed by atoms with van der Waals surface area (Å²) in [6.07, 6.45) is 6.99. The molecule has 0 aromatic carbocycles. The SMILES string of the molecule is CC1(C)CCC(=O)C(CN2CCCN3CCCC3C2)C1. The molecule has 0 radical (unpaired) electrons. The van der Waals surface area contributed by atoms with Crippen LogP contribution < -0.4 is 0 Å². The van der Waals surface area contributed by atoms with Gasteiger partial charge in [-0.2, -0.15) is 0 Å². The molecular formula is C17H30N2O. The fraction of sp³-hybridized carbons (Fsp3) is 0.941. The molecule has 0 aromatic rings. The van der Waals surface area contributed by atoms with E-state index in [0.717, 1.165) is 31.8 Å². The first kappa shape index (κ1) is 14.5. The summed E-state index contributed by atoms with van der Waals surface area (Å²) in [5.41, 5.74) is 0.365. The van der Waals surface area contributed by atoms with Gasteiger partial charge in [0.05, 0.1) is 0 Å². The number of hydrogen-bond donors (Lipinski definition) is 0. The monoisotopic (exact) mass is 278 g/mol. The zero-order valence-corrected chi connectivity index (χ0v) is 13.2. The molecule has 0 bridgehead atoms. The van der Waals surface area contributed by atoms with E-state index in [-0.39, 0.29) is 0 Å². The van der Waals surface area contributed by atoms with Crippen LogP contribution in [0.4, 0.5) is 0 Å². The average Bonchev–Trinajstić information content (AvgIpc) is 2.73. The van der Waals surface area contributed by atoms with Crippen molar-refractivity contribution in [3.8, 4) is 0 Å². The summed E-state index contributed by atoms with van der Waals surface area (Å²) in [5, 5.41) is 0. The van der Waals surface area contributed by atoms with Gasteiger partial charge in [0.15, 0.2) is 0 Å². The zero-order valence-electron chi connectivity index (χ0n) is 13.2.